The van der Waals surface area contributed by atoms with E-state index >= 15 is 0 Å². The fourth-order valence-electron chi connectivity index (χ4n) is 2.48. The summed E-state index contributed by atoms with van der Waals surface area (Å²) in [4.78, 5) is 35.8. The zero-order valence-corrected chi connectivity index (χ0v) is 17.9. The van der Waals surface area contributed by atoms with Gasteiger partial charge in [-0.05, 0) is 31.2 Å². The van der Waals surface area contributed by atoms with Crippen LogP contribution in [0.5, 0.6) is 11.5 Å². The Morgan fingerprint density at radius 1 is 0.969 bits per heavy atom. The number of esters is 1. The third kappa shape index (κ3) is 7.28. The average molecular weight is 439 g/mol. The van der Waals surface area contributed by atoms with Gasteiger partial charge in [-0.3, -0.25) is 15.0 Å². The number of nitrogens with one attached hydrogen (secondary N) is 2. The Morgan fingerprint density at radius 3 is 2.22 bits per heavy atom. The molecule has 9 heteroatoms. The summed E-state index contributed by atoms with van der Waals surface area (Å²) in [5.41, 5.74) is 3.20. The molecule has 0 bridgehead atoms. The van der Waals surface area contributed by atoms with E-state index in [2.05, 4.69) is 22.4 Å². The molecular weight excluding hydrogens is 414 g/mol. The predicted octanol–water partition coefficient (Wildman–Crippen LogP) is 3.19. The van der Waals surface area contributed by atoms with E-state index in [1.165, 1.54) is 6.92 Å². The van der Waals surface area contributed by atoms with E-state index in [-0.39, 0.29) is 18.9 Å². The van der Waals surface area contributed by atoms with Crippen molar-refractivity contribution >= 4 is 34.7 Å². The van der Waals surface area contributed by atoms with Crippen LogP contribution in [0.15, 0.2) is 66.3 Å². The number of hydrogen-bond acceptors (Lipinski definition) is 8. The molecule has 2 aromatic carbocycles. The first kappa shape index (κ1) is 24.1. The summed E-state index contributed by atoms with van der Waals surface area (Å²) < 4.78 is 15.9. The van der Waals surface area contributed by atoms with Crippen LogP contribution in [0.4, 0.5) is 11.4 Å². The Hall–Kier alpha value is -4.14. The highest BCUT2D eigenvalue weighted by atomic mass is 16.6. The molecular formula is C23H25N3O6. The molecule has 0 fully saturated rings. The van der Waals surface area contributed by atoms with Crippen molar-refractivity contribution in [1.29, 1.82) is 0 Å². The number of ether oxygens (including phenoxy) is 3. The normalized spacial score (nSPS) is 10.6. The molecule has 0 radical (unpaired) electrons. The Labute approximate surface area is 186 Å². The van der Waals surface area contributed by atoms with E-state index < -0.39 is 17.7 Å². The number of hydrogen-bond donors (Lipinski definition) is 2. The Kier molecular flexibility index (Phi) is 9.45. The fourth-order valence-corrected chi connectivity index (χ4v) is 2.48. The van der Waals surface area contributed by atoms with Crippen LogP contribution in [0.25, 0.3) is 0 Å². The van der Waals surface area contributed by atoms with E-state index in [0.29, 0.717) is 29.5 Å². The third-order valence-electron chi connectivity index (χ3n) is 3.91. The van der Waals surface area contributed by atoms with E-state index in [1.54, 1.807) is 48.5 Å². The van der Waals surface area contributed by atoms with Gasteiger partial charge in [0.2, 0.25) is 0 Å². The average Bonchev–Trinajstić information content (AvgIpc) is 2.78. The van der Waals surface area contributed by atoms with Gasteiger partial charge in [0.25, 0.3) is 5.91 Å². The molecule has 1 amide bonds. The lowest BCUT2D eigenvalue weighted by Crippen LogP contribution is -2.29. The highest BCUT2D eigenvalue weighted by molar-refractivity contribution is 6.67. The van der Waals surface area contributed by atoms with Crippen molar-refractivity contribution in [3.8, 4) is 11.5 Å². The second-order valence-electron chi connectivity index (χ2n) is 6.23. The van der Waals surface area contributed by atoms with Gasteiger partial charge < -0.3 is 19.5 Å². The van der Waals surface area contributed by atoms with Crippen LogP contribution < -0.4 is 20.2 Å². The van der Waals surface area contributed by atoms with Crippen molar-refractivity contribution in [3.05, 3.63) is 61.2 Å². The molecule has 0 unspecified atom stereocenters. The standard InChI is InChI=1S/C23H25N3O6/c1-4-21(28)32-15-14-31-20-13-9-7-11-18(20)25-26-22(16(3)27)23(29)24-17-10-6-8-12-19(17)30-5-2/h4,6-13,25H,1,5,14-15H2,2-3H3,(H,24,29)/b26-22+. The second-order valence-corrected chi connectivity index (χ2v) is 6.23. The smallest absolute Gasteiger partial charge is 0.330 e. The molecule has 0 spiro atoms. The fraction of sp³-hybridized carbons (Fsp3) is 0.217. The van der Waals surface area contributed by atoms with Gasteiger partial charge >= 0.3 is 5.97 Å². The number of carbonyl (C=O) groups excluding carboxylic acids is 3. The lowest BCUT2D eigenvalue weighted by Gasteiger charge is -2.13. The van der Waals surface area contributed by atoms with Crippen molar-refractivity contribution in [3.63, 3.8) is 0 Å². The Balaban J connectivity index is 2.10. The molecule has 0 aliphatic rings. The summed E-state index contributed by atoms with van der Waals surface area (Å²) in [5, 5.41) is 6.62. The van der Waals surface area contributed by atoms with Gasteiger partial charge in [-0.2, -0.15) is 5.10 Å². The molecule has 0 saturated heterocycles. The number of ketones is 1. The number of hydrazone groups is 1. The molecule has 2 rings (SSSR count). The van der Waals surface area contributed by atoms with Crippen molar-refractivity contribution in [1.82, 2.24) is 0 Å². The molecule has 0 aromatic heterocycles. The van der Waals surface area contributed by atoms with Gasteiger partial charge in [-0.25, -0.2) is 4.79 Å². The monoisotopic (exact) mass is 439 g/mol. The van der Waals surface area contributed by atoms with Crippen LogP contribution in [0.1, 0.15) is 13.8 Å². The zero-order valence-electron chi connectivity index (χ0n) is 17.9. The quantitative estimate of drug-likeness (QED) is 0.130. The minimum Gasteiger partial charge on any atom is -0.492 e. The highest BCUT2D eigenvalue weighted by Crippen LogP contribution is 2.25. The van der Waals surface area contributed by atoms with Crippen LogP contribution >= 0.6 is 0 Å². The second kappa shape index (κ2) is 12.5. The number of para-hydroxylation sites is 4. The number of nitrogens with zero attached hydrogens (tertiary/aromatic N) is 1. The van der Waals surface area contributed by atoms with Crippen LogP contribution in [-0.4, -0.2) is 43.2 Å². The van der Waals surface area contributed by atoms with Gasteiger partial charge in [-0.1, -0.05) is 30.8 Å². The summed E-state index contributed by atoms with van der Waals surface area (Å²) in [6.07, 6.45) is 1.06. The SMILES string of the molecule is C=CC(=O)OCCOc1ccccc1N/N=C(\C(C)=O)C(=O)Nc1ccccc1OCC. The Morgan fingerprint density at radius 2 is 1.59 bits per heavy atom. The molecule has 0 heterocycles. The summed E-state index contributed by atoms with van der Waals surface area (Å²) in [5.74, 6) is -0.885. The number of rotatable bonds is 12. The molecule has 0 saturated carbocycles. The first-order valence-electron chi connectivity index (χ1n) is 9.85. The first-order chi connectivity index (χ1) is 15.5. The number of amides is 1. The molecule has 168 valence electrons. The number of anilines is 2. The molecule has 0 aliphatic carbocycles. The van der Waals surface area contributed by atoms with Gasteiger partial charge in [0.1, 0.15) is 24.7 Å². The van der Waals surface area contributed by atoms with E-state index in [0.717, 1.165) is 6.08 Å². The zero-order chi connectivity index (χ0) is 23.3. The van der Waals surface area contributed by atoms with Crippen molar-refractivity contribution in [2.75, 3.05) is 30.6 Å². The van der Waals surface area contributed by atoms with Gasteiger partial charge in [0.15, 0.2) is 11.5 Å². The lowest BCUT2D eigenvalue weighted by molar-refractivity contribution is -0.138. The van der Waals surface area contributed by atoms with E-state index in [1.807, 2.05) is 6.92 Å². The summed E-state index contributed by atoms with van der Waals surface area (Å²) in [6, 6.07) is 13.7. The molecule has 32 heavy (non-hydrogen) atoms. The molecule has 0 aliphatic heterocycles. The number of Topliss-reactive ketones (excluding diaryl/α,β-unsaturated/α-hetero) is 1. The summed E-state index contributed by atoms with van der Waals surface area (Å²) in [6.45, 7) is 6.93. The van der Waals surface area contributed by atoms with Crippen molar-refractivity contribution < 1.29 is 28.6 Å². The summed E-state index contributed by atoms with van der Waals surface area (Å²) >= 11 is 0. The Bertz CT molecular complexity index is 1000. The highest BCUT2D eigenvalue weighted by Gasteiger charge is 2.19. The van der Waals surface area contributed by atoms with Gasteiger partial charge in [-0.15, -0.1) is 0 Å². The first-order valence-corrected chi connectivity index (χ1v) is 9.85. The molecule has 2 N–H and O–H groups in total. The predicted molar refractivity (Wildman–Crippen MR) is 121 cm³/mol. The number of benzene rings is 2. The van der Waals surface area contributed by atoms with Crippen LogP contribution in [0, 0.1) is 0 Å². The van der Waals surface area contributed by atoms with Crippen LogP contribution in [0.3, 0.4) is 0 Å². The van der Waals surface area contributed by atoms with Gasteiger partial charge in [0.05, 0.1) is 18.0 Å². The minimum atomic E-state index is -0.688. The summed E-state index contributed by atoms with van der Waals surface area (Å²) in [7, 11) is 0. The topological polar surface area (TPSA) is 115 Å². The maximum Gasteiger partial charge on any atom is 0.330 e. The minimum absolute atomic E-state index is 0.0306. The number of carbonyl (C=O) groups is 3. The lowest BCUT2D eigenvalue weighted by atomic mass is 10.2. The van der Waals surface area contributed by atoms with Gasteiger partial charge in [0, 0.05) is 13.0 Å². The molecule has 9 nitrogen and oxygen atoms in total. The van der Waals surface area contributed by atoms with E-state index in [4.69, 9.17) is 14.2 Å². The van der Waals surface area contributed by atoms with Crippen molar-refractivity contribution in [2.45, 2.75) is 13.8 Å². The molecule has 0 atom stereocenters. The van der Waals surface area contributed by atoms with E-state index in [9.17, 15) is 14.4 Å². The van der Waals surface area contributed by atoms with Crippen LogP contribution in [-0.2, 0) is 19.1 Å². The van der Waals surface area contributed by atoms with Crippen molar-refractivity contribution in [2.24, 2.45) is 5.10 Å². The maximum absolute atomic E-state index is 12.7. The third-order valence-corrected chi connectivity index (χ3v) is 3.91. The largest absolute Gasteiger partial charge is 0.492 e. The maximum atomic E-state index is 12.7. The molecule has 2 aromatic rings. The van der Waals surface area contributed by atoms with Crippen LogP contribution in [0.2, 0.25) is 0 Å².